The molecule has 16 heavy (non-hydrogen) atoms. The van der Waals surface area contributed by atoms with Gasteiger partial charge in [0.15, 0.2) is 0 Å². The fraction of sp³-hybridized carbons (Fsp3) is 0.636. The fourth-order valence-corrected chi connectivity index (χ4v) is 1.56. The number of carbonyl (C=O) groups excluding carboxylic acids is 1. The standard InChI is InChI=1S/C11H19N3O2/c1-9(2)7-10(11(16)13-4-6-15)14-5-3-12-8-14/h3,5,8-10,15H,4,6-7H2,1-2H3,(H,13,16)/t10-/m0/s1. The van der Waals surface area contributed by atoms with Gasteiger partial charge in [0.05, 0.1) is 12.9 Å². The molecule has 2 N–H and O–H groups in total. The van der Waals surface area contributed by atoms with Gasteiger partial charge < -0.3 is 15.0 Å². The third kappa shape index (κ3) is 3.66. The summed E-state index contributed by atoms with van der Waals surface area (Å²) < 4.78 is 1.80. The SMILES string of the molecule is CC(C)C[C@@H](C(=O)NCCO)n1ccnc1. The van der Waals surface area contributed by atoms with E-state index in [4.69, 9.17) is 5.11 Å². The van der Waals surface area contributed by atoms with Crippen LogP contribution in [0.3, 0.4) is 0 Å². The highest BCUT2D eigenvalue weighted by Gasteiger charge is 2.20. The summed E-state index contributed by atoms with van der Waals surface area (Å²) in [4.78, 5) is 15.8. The zero-order valence-electron chi connectivity index (χ0n) is 9.76. The van der Waals surface area contributed by atoms with E-state index in [1.165, 1.54) is 0 Å². The maximum Gasteiger partial charge on any atom is 0.243 e. The Hall–Kier alpha value is -1.36. The predicted octanol–water partition coefficient (Wildman–Crippen LogP) is 0.579. The smallest absolute Gasteiger partial charge is 0.243 e. The van der Waals surface area contributed by atoms with Crippen LogP contribution in [0.2, 0.25) is 0 Å². The van der Waals surface area contributed by atoms with E-state index in [0.717, 1.165) is 6.42 Å². The van der Waals surface area contributed by atoms with Gasteiger partial charge in [-0.25, -0.2) is 4.98 Å². The summed E-state index contributed by atoms with van der Waals surface area (Å²) in [6.07, 6.45) is 5.84. The molecule has 1 heterocycles. The molecule has 5 heteroatoms. The average Bonchev–Trinajstić information content (AvgIpc) is 2.75. The molecule has 1 aromatic heterocycles. The Bertz CT molecular complexity index is 309. The van der Waals surface area contributed by atoms with Gasteiger partial charge in [0.1, 0.15) is 6.04 Å². The van der Waals surface area contributed by atoms with Crippen molar-refractivity contribution in [2.24, 2.45) is 5.92 Å². The van der Waals surface area contributed by atoms with Crippen LogP contribution in [0.5, 0.6) is 0 Å². The number of imidazole rings is 1. The van der Waals surface area contributed by atoms with E-state index in [1.807, 2.05) is 0 Å². The normalized spacial score (nSPS) is 12.8. The van der Waals surface area contributed by atoms with Crippen LogP contribution in [0.25, 0.3) is 0 Å². The van der Waals surface area contributed by atoms with Gasteiger partial charge in [0, 0.05) is 18.9 Å². The minimum atomic E-state index is -0.242. The number of aliphatic hydroxyl groups is 1. The summed E-state index contributed by atoms with van der Waals surface area (Å²) in [5.41, 5.74) is 0. The largest absolute Gasteiger partial charge is 0.395 e. The van der Waals surface area contributed by atoms with Gasteiger partial charge in [-0.2, -0.15) is 0 Å². The van der Waals surface area contributed by atoms with Crippen molar-refractivity contribution in [3.63, 3.8) is 0 Å². The molecule has 1 atom stereocenters. The molecular weight excluding hydrogens is 206 g/mol. The monoisotopic (exact) mass is 225 g/mol. The minimum Gasteiger partial charge on any atom is -0.395 e. The summed E-state index contributed by atoms with van der Waals surface area (Å²) in [6, 6.07) is -0.242. The average molecular weight is 225 g/mol. The van der Waals surface area contributed by atoms with Crippen LogP contribution in [-0.4, -0.2) is 33.7 Å². The van der Waals surface area contributed by atoms with Crippen molar-refractivity contribution in [2.75, 3.05) is 13.2 Å². The third-order valence-corrected chi connectivity index (χ3v) is 2.29. The number of aromatic nitrogens is 2. The predicted molar refractivity (Wildman–Crippen MR) is 60.8 cm³/mol. The minimum absolute atomic E-state index is 0.0376. The van der Waals surface area contributed by atoms with E-state index < -0.39 is 0 Å². The van der Waals surface area contributed by atoms with Crippen molar-refractivity contribution in [3.8, 4) is 0 Å². The molecule has 0 aliphatic heterocycles. The van der Waals surface area contributed by atoms with E-state index in [2.05, 4.69) is 24.1 Å². The summed E-state index contributed by atoms with van der Waals surface area (Å²) in [5.74, 6) is 0.355. The molecule has 1 amide bonds. The first-order valence-corrected chi connectivity index (χ1v) is 5.51. The van der Waals surface area contributed by atoms with Gasteiger partial charge in [-0.15, -0.1) is 0 Å². The van der Waals surface area contributed by atoms with E-state index in [1.54, 1.807) is 23.3 Å². The lowest BCUT2D eigenvalue weighted by Crippen LogP contribution is -2.34. The zero-order chi connectivity index (χ0) is 12.0. The topological polar surface area (TPSA) is 67.2 Å². The second-order valence-corrected chi connectivity index (χ2v) is 4.17. The number of nitrogens with one attached hydrogen (secondary N) is 1. The van der Waals surface area contributed by atoms with Crippen LogP contribution in [0.15, 0.2) is 18.7 Å². The first-order chi connectivity index (χ1) is 7.65. The maximum absolute atomic E-state index is 11.9. The molecule has 0 unspecified atom stereocenters. The molecule has 0 saturated heterocycles. The van der Waals surface area contributed by atoms with Gasteiger partial charge in [-0.1, -0.05) is 13.8 Å². The molecule has 0 bridgehead atoms. The van der Waals surface area contributed by atoms with E-state index in [-0.39, 0.29) is 18.6 Å². The Kier molecular flexibility index (Phi) is 4.98. The van der Waals surface area contributed by atoms with Crippen molar-refractivity contribution >= 4 is 5.91 Å². The highest BCUT2D eigenvalue weighted by molar-refractivity contribution is 5.80. The molecule has 1 rings (SSSR count). The van der Waals surface area contributed by atoms with Crippen LogP contribution < -0.4 is 5.32 Å². The molecular formula is C11H19N3O2. The van der Waals surface area contributed by atoms with Crippen LogP contribution in [0, 0.1) is 5.92 Å². The van der Waals surface area contributed by atoms with Crippen LogP contribution in [0.1, 0.15) is 26.3 Å². The molecule has 90 valence electrons. The first-order valence-electron chi connectivity index (χ1n) is 5.51. The van der Waals surface area contributed by atoms with E-state index >= 15 is 0 Å². The number of nitrogens with zero attached hydrogens (tertiary/aromatic N) is 2. The molecule has 0 fully saturated rings. The highest BCUT2D eigenvalue weighted by atomic mass is 16.3. The number of hydrogen-bond donors (Lipinski definition) is 2. The first kappa shape index (κ1) is 12.7. The second kappa shape index (κ2) is 6.27. The van der Waals surface area contributed by atoms with Crippen molar-refractivity contribution in [1.29, 1.82) is 0 Å². The Morgan fingerprint density at radius 3 is 2.81 bits per heavy atom. The Morgan fingerprint density at radius 2 is 2.31 bits per heavy atom. The van der Waals surface area contributed by atoms with Crippen molar-refractivity contribution in [2.45, 2.75) is 26.3 Å². The van der Waals surface area contributed by atoms with E-state index in [0.29, 0.717) is 12.5 Å². The Balaban J connectivity index is 2.67. The van der Waals surface area contributed by atoms with Gasteiger partial charge in [-0.3, -0.25) is 4.79 Å². The lowest BCUT2D eigenvalue weighted by Gasteiger charge is -2.19. The highest BCUT2D eigenvalue weighted by Crippen LogP contribution is 2.17. The lowest BCUT2D eigenvalue weighted by molar-refractivity contribution is -0.125. The Labute approximate surface area is 95.5 Å². The maximum atomic E-state index is 11.9. The zero-order valence-corrected chi connectivity index (χ0v) is 9.76. The molecule has 0 aliphatic carbocycles. The number of hydrogen-bond acceptors (Lipinski definition) is 3. The molecule has 5 nitrogen and oxygen atoms in total. The quantitative estimate of drug-likeness (QED) is 0.744. The molecule has 0 saturated carbocycles. The van der Waals surface area contributed by atoms with E-state index in [9.17, 15) is 4.79 Å². The van der Waals surface area contributed by atoms with Crippen LogP contribution >= 0.6 is 0 Å². The molecule has 1 aromatic rings. The van der Waals surface area contributed by atoms with Gasteiger partial charge >= 0.3 is 0 Å². The van der Waals surface area contributed by atoms with Gasteiger partial charge in [0.2, 0.25) is 5.91 Å². The lowest BCUT2D eigenvalue weighted by atomic mass is 10.0. The van der Waals surface area contributed by atoms with Crippen molar-refractivity contribution < 1.29 is 9.90 Å². The summed E-state index contributed by atoms with van der Waals surface area (Å²) in [5, 5.41) is 11.4. The number of aliphatic hydroxyl groups excluding tert-OH is 1. The molecule has 0 aliphatic rings. The summed E-state index contributed by atoms with van der Waals surface area (Å²) in [7, 11) is 0. The van der Waals surface area contributed by atoms with Crippen LogP contribution in [0.4, 0.5) is 0 Å². The molecule has 0 aromatic carbocycles. The van der Waals surface area contributed by atoms with Crippen molar-refractivity contribution in [3.05, 3.63) is 18.7 Å². The van der Waals surface area contributed by atoms with Crippen molar-refractivity contribution in [1.82, 2.24) is 14.9 Å². The fourth-order valence-electron chi connectivity index (χ4n) is 1.56. The summed E-state index contributed by atoms with van der Waals surface area (Å²) >= 11 is 0. The summed E-state index contributed by atoms with van der Waals surface area (Å²) in [6.45, 7) is 4.40. The number of carbonyl (C=O) groups is 1. The van der Waals surface area contributed by atoms with Gasteiger partial charge in [0.25, 0.3) is 0 Å². The second-order valence-electron chi connectivity index (χ2n) is 4.17. The molecule has 0 spiro atoms. The number of rotatable bonds is 6. The number of amides is 1. The van der Waals surface area contributed by atoms with Gasteiger partial charge in [-0.05, 0) is 12.3 Å². The Morgan fingerprint density at radius 1 is 1.56 bits per heavy atom. The molecule has 0 radical (unpaired) electrons. The van der Waals surface area contributed by atoms with Crippen LogP contribution in [-0.2, 0) is 4.79 Å². The third-order valence-electron chi connectivity index (χ3n) is 2.29.